The number of amides is 1. The molecule has 1 heterocycles. The first kappa shape index (κ1) is 17.7. The van der Waals surface area contributed by atoms with Crippen LogP contribution in [-0.4, -0.2) is 22.8 Å². The average molecular weight is 351 g/mol. The minimum atomic E-state index is -0.283. The van der Waals surface area contributed by atoms with Crippen molar-refractivity contribution in [2.75, 3.05) is 11.9 Å². The molecule has 0 fully saturated rings. The number of rotatable bonds is 6. The minimum Gasteiger partial charge on any atom is -0.494 e. The van der Waals surface area contributed by atoms with Gasteiger partial charge in [-0.3, -0.25) is 4.79 Å². The van der Waals surface area contributed by atoms with Gasteiger partial charge in [0.15, 0.2) is 5.69 Å². The van der Waals surface area contributed by atoms with E-state index in [0.29, 0.717) is 23.7 Å². The van der Waals surface area contributed by atoms with Crippen LogP contribution >= 0.6 is 0 Å². The number of carbonyl (C=O) groups is 1. The molecule has 1 amide bonds. The van der Waals surface area contributed by atoms with Gasteiger partial charge in [-0.05, 0) is 66.5 Å². The molecule has 0 atom stereocenters. The number of ether oxygens (including phenoxy) is 1. The molecule has 0 bridgehead atoms. The normalized spacial score (nSPS) is 10.6. The molecule has 3 rings (SSSR count). The molecule has 6 heteroatoms. The highest BCUT2D eigenvalue weighted by molar-refractivity contribution is 6.05. The molecule has 0 aliphatic carbocycles. The third-order valence-electron chi connectivity index (χ3n) is 3.96. The predicted molar refractivity (Wildman–Crippen MR) is 99.4 cm³/mol. The molecule has 0 saturated carbocycles. The number of hydrogen-bond acceptors (Lipinski definition) is 5. The van der Waals surface area contributed by atoms with Gasteiger partial charge in [-0.25, -0.2) is 4.63 Å². The maximum Gasteiger partial charge on any atom is 0.256 e. The summed E-state index contributed by atoms with van der Waals surface area (Å²) in [6, 6.07) is 13.0. The second kappa shape index (κ2) is 7.82. The monoisotopic (exact) mass is 351 g/mol. The van der Waals surface area contributed by atoms with Crippen LogP contribution in [-0.2, 0) is 0 Å². The maximum absolute atomic E-state index is 12.5. The number of carbonyl (C=O) groups excluding carboxylic acids is 1. The van der Waals surface area contributed by atoms with Gasteiger partial charge >= 0.3 is 0 Å². The van der Waals surface area contributed by atoms with Crippen LogP contribution in [0.15, 0.2) is 47.1 Å². The summed E-state index contributed by atoms with van der Waals surface area (Å²) in [5, 5.41) is 10.6. The number of aryl methyl sites for hydroxylation is 2. The van der Waals surface area contributed by atoms with Crippen molar-refractivity contribution < 1.29 is 14.2 Å². The van der Waals surface area contributed by atoms with Gasteiger partial charge in [0.1, 0.15) is 5.75 Å². The second-order valence-electron chi connectivity index (χ2n) is 6.11. The first-order chi connectivity index (χ1) is 12.6. The molecular formula is C20H21N3O3. The lowest BCUT2D eigenvalue weighted by Gasteiger charge is -2.07. The second-order valence-corrected chi connectivity index (χ2v) is 6.11. The van der Waals surface area contributed by atoms with Gasteiger partial charge in [0, 0.05) is 11.1 Å². The number of nitrogens with zero attached hydrogens (tertiary/aromatic N) is 2. The van der Waals surface area contributed by atoms with Crippen molar-refractivity contribution in [1.82, 2.24) is 10.3 Å². The van der Waals surface area contributed by atoms with Crippen LogP contribution in [0.25, 0.3) is 11.3 Å². The van der Waals surface area contributed by atoms with Crippen LogP contribution in [0.5, 0.6) is 5.75 Å². The summed E-state index contributed by atoms with van der Waals surface area (Å²) in [6.07, 6.45) is 0.933. The molecule has 0 spiro atoms. The fourth-order valence-corrected chi connectivity index (χ4v) is 2.54. The zero-order chi connectivity index (χ0) is 18.5. The van der Waals surface area contributed by atoms with Crippen molar-refractivity contribution in [3.8, 4) is 17.0 Å². The maximum atomic E-state index is 12.5. The molecule has 26 heavy (non-hydrogen) atoms. The van der Waals surface area contributed by atoms with E-state index in [2.05, 4.69) is 15.6 Å². The van der Waals surface area contributed by atoms with E-state index in [-0.39, 0.29) is 5.91 Å². The van der Waals surface area contributed by atoms with Crippen molar-refractivity contribution in [3.63, 3.8) is 0 Å². The van der Waals surface area contributed by atoms with Gasteiger partial charge < -0.3 is 10.1 Å². The lowest BCUT2D eigenvalue weighted by Crippen LogP contribution is -2.13. The minimum absolute atomic E-state index is 0.283. The van der Waals surface area contributed by atoms with Crippen molar-refractivity contribution in [1.29, 1.82) is 0 Å². The summed E-state index contributed by atoms with van der Waals surface area (Å²) in [7, 11) is 0. The van der Waals surface area contributed by atoms with E-state index in [9.17, 15) is 4.79 Å². The molecule has 134 valence electrons. The molecule has 0 saturated heterocycles. The molecule has 0 aliphatic rings. The van der Waals surface area contributed by atoms with Gasteiger partial charge in [0.05, 0.1) is 6.61 Å². The van der Waals surface area contributed by atoms with E-state index in [4.69, 9.17) is 9.37 Å². The topological polar surface area (TPSA) is 77.2 Å². The molecule has 2 aromatic carbocycles. The molecule has 0 aliphatic heterocycles. The predicted octanol–water partition coefficient (Wildman–Crippen LogP) is 4.39. The number of hydrogen-bond donors (Lipinski definition) is 1. The van der Waals surface area contributed by atoms with Crippen molar-refractivity contribution >= 4 is 11.7 Å². The zero-order valence-corrected chi connectivity index (χ0v) is 15.1. The van der Waals surface area contributed by atoms with E-state index in [1.807, 2.05) is 39.0 Å². The molecular weight excluding hydrogens is 330 g/mol. The Balaban J connectivity index is 1.79. The van der Waals surface area contributed by atoms with Gasteiger partial charge in [0.2, 0.25) is 5.82 Å². The van der Waals surface area contributed by atoms with Crippen molar-refractivity contribution in [3.05, 3.63) is 59.2 Å². The van der Waals surface area contributed by atoms with Crippen LogP contribution in [0.4, 0.5) is 5.82 Å². The molecule has 1 aromatic heterocycles. The Hall–Kier alpha value is -3.15. The summed E-state index contributed by atoms with van der Waals surface area (Å²) < 4.78 is 10.4. The largest absolute Gasteiger partial charge is 0.494 e. The first-order valence-corrected chi connectivity index (χ1v) is 8.53. The number of nitrogens with one attached hydrogen (secondary N) is 1. The molecule has 6 nitrogen and oxygen atoms in total. The Morgan fingerprint density at radius 2 is 1.88 bits per heavy atom. The van der Waals surface area contributed by atoms with Gasteiger partial charge in [-0.2, -0.15) is 0 Å². The Kier molecular flexibility index (Phi) is 5.31. The third-order valence-corrected chi connectivity index (χ3v) is 3.96. The Morgan fingerprint density at radius 3 is 2.62 bits per heavy atom. The van der Waals surface area contributed by atoms with E-state index in [1.54, 1.807) is 24.3 Å². The van der Waals surface area contributed by atoms with Crippen LogP contribution < -0.4 is 10.1 Å². The summed E-state index contributed by atoms with van der Waals surface area (Å²) in [4.78, 5) is 12.5. The van der Waals surface area contributed by atoms with E-state index >= 15 is 0 Å². The lowest BCUT2D eigenvalue weighted by molar-refractivity contribution is 0.102. The summed E-state index contributed by atoms with van der Waals surface area (Å²) in [5.74, 6) is 0.756. The van der Waals surface area contributed by atoms with Gasteiger partial charge in [-0.15, -0.1) is 0 Å². The van der Waals surface area contributed by atoms with Crippen molar-refractivity contribution in [2.24, 2.45) is 0 Å². The van der Waals surface area contributed by atoms with Crippen LogP contribution in [0.3, 0.4) is 0 Å². The summed E-state index contributed by atoms with van der Waals surface area (Å²) in [5.41, 5.74) is 4.02. The van der Waals surface area contributed by atoms with E-state index in [0.717, 1.165) is 28.9 Å². The quantitative estimate of drug-likeness (QED) is 0.712. The standard InChI is InChI=1S/C20H21N3O3/c1-4-11-25-16-9-7-15(8-10-16)20(24)21-19-18(22-26-23-19)17-12-13(2)5-6-14(17)3/h5-10,12H,4,11H2,1-3H3,(H,21,23,24). The zero-order valence-electron chi connectivity index (χ0n) is 15.1. The molecule has 1 N–H and O–H groups in total. The summed E-state index contributed by atoms with van der Waals surface area (Å²) >= 11 is 0. The van der Waals surface area contributed by atoms with Gasteiger partial charge in [0.25, 0.3) is 5.91 Å². The first-order valence-electron chi connectivity index (χ1n) is 8.53. The highest BCUT2D eigenvalue weighted by Crippen LogP contribution is 2.28. The molecule has 0 radical (unpaired) electrons. The Morgan fingerprint density at radius 1 is 1.12 bits per heavy atom. The smallest absolute Gasteiger partial charge is 0.256 e. The SMILES string of the molecule is CCCOc1ccc(C(=O)Nc2nonc2-c2cc(C)ccc2C)cc1. The van der Waals surface area contributed by atoms with E-state index < -0.39 is 0 Å². The highest BCUT2D eigenvalue weighted by Gasteiger charge is 2.17. The highest BCUT2D eigenvalue weighted by atomic mass is 16.6. The van der Waals surface area contributed by atoms with Crippen molar-refractivity contribution in [2.45, 2.75) is 27.2 Å². The Bertz CT molecular complexity index is 901. The number of aromatic nitrogens is 2. The Labute approximate surface area is 152 Å². The third kappa shape index (κ3) is 3.91. The van der Waals surface area contributed by atoms with E-state index in [1.165, 1.54) is 0 Å². The fourth-order valence-electron chi connectivity index (χ4n) is 2.54. The van der Waals surface area contributed by atoms with Crippen LogP contribution in [0.2, 0.25) is 0 Å². The average Bonchev–Trinajstić information content (AvgIpc) is 3.10. The molecule has 0 unspecified atom stereocenters. The van der Waals surface area contributed by atoms with Crippen LogP contribution in [0, 0.1) is 13.8 Å². The molecule has 3 aromatic rings. The number of anilines is 1. The fraction of sp³-hybridized carbons (Fsp3) is 0.250. The lowest BCUT2D eigenvalue weighted by atomic mass is 10.0. The van der Waals surface area contributed by atoms with Gasteiger partial charge in [-0.1, -0.05) is 24.6 Å². The van der Waals surface area contributed by atoms with Crippen LogP contribution in [0.1, 0.15) is 34.8 Å². The number of benzene rings is 2. The summed E-state index contributed by atoms with van der Waals surface area (Å²) in [6.45, 7) is 6.66.